The zero-order valence-corrected chi connectivity index (χ0v) is 19.1. The Labute approximate surface area is 198 Å². The van der Waals surface area contributed by atoms with E-state index in [9.17, 15) is 9.59 Å². The molecule has 33 heavy (non-hydrogen) atoms. The average Bonchev–Trinajstić information content (AvgIpc) is 3.45. The van der Waals surface area contributed by atoms with E-state index >= 15 is 0 Å². The van der Waals surface area contributed by atoms with E-state index in [0.29, 0.717) is 30.3 Å². The molecule has 0 bridgehead atoms. The number of thiazole rings is 1. The molecule has 4 rings (SSSR count). The molecular weight excluding hydrogens is 464 g/mol. The van der Waals surface area contributed by atoms with Gasteiger partial charge in [0, 0.05) is 18.5 Å². The summed E-state index contributed by atoms with van der Waals surface area (Å²) < 4.78 is 1.39. The largest absolute Gasteiger partial charge is 0.476 e. The van der Waals surface area contributed by atoms with Crippen molar-refractivity contribution in [3.63, 3.8) is 0 Å². The second-order valence-corrected chi connectivity index (χ2v) is 8.70. The predicted molar refractivity (Wildman–Crippen MR) is 126 cm³/mol. The number of anilines is 1. The maximum atomic E-state index is 12.4. The Morgan fingerprint density at radius 3 is 2.52 bits per heavy atom. The number of halogens is 1. The number of aromatic carboxylic acids is 1. The van der Waals surface area contributed by atoms with Crippen LogP contribution >= 0.6 is 22.9 Å². The van der Waals surface area contributed by atoms with Crippen molar-refractivity contribution in [2.45, 2.75) is 26.3 Å². The molecule has 11 heteroatoms. The lowest BCUT2D eigenvalue weighted by atomic mass is 9.98. The molecule has 2 aromatic carbocycles. The molecule has 4 aromatic rings. The molecular formula is C22H19ClN6O3S. The van der Waals surface area contributed by atoms with Crippen LogP contribution in [0.3, 0.4) is 0 Å². The lowest BCUT2D eigenvalue weighted by Gasteiger charge is -2.10. The molecule has 0 aliphatic carbocycles. The summed E-state index contributed by atoms with van der Waals surface area (Å²) in [5, 5.41) is 24.3. The summed E-state index contributed by atoms with van der Waals surface area (Å²) in [6, 6.07) is 15.5. The minimum atomic E-state index is -1.16. The number of carboxylic acid groups (broad SMARTS) is 1. The van der Waals surface area contributed by atoms with E-state index in [2.05, 4.69) is 25.8 Å². The molecule has 9 nitrogen and oxygen atoms in total. The number of benzene rings is 2. The number of aromatic nitrogens is 5. The van der Waals surface area contributed by atoms with Gasteiger partial charge in [-0.05, 0) is 33.5 Å². The molecule has 0 atom stereocenters. The van der Waals surface area contributed by atoms with Gasteiger partial charge in [0.1, 0.15) is 4.34 Å². The van der Waals surface area contributed by atoms with Crippen LogP contribution in [0.15, 0.2) is 48.5 Å². The van der Waals surface area contributed by atoms with Gasteiger partial charge in [-0.15, -0.1) is 5.10 Å². The molecule has 0 aliphatic rings. The first-order chi connectivity index (χ1) is 16.0. The van der Waals surface area contributed by atoms with Crippen LogP contribution in [-0.2, 0) is 6.54 Å². The Morgan fingerprint density at radius 2 is 1.85 bits per heavy atom. The lowest BCUT2D eigenvalue weighted by molar-refractivity contribution is 0.0691. The van der Waals surface area contributed by atoms with E-state index in [-0.39, 0.29) is 15.9 Å². The zero-order chi connectivity index (χ0) is 23.4. The van der Waals surface area contributed by atoms with Gasteiger partial charge < -0.3 is 10.4 Å². The predicted octanol–water partition coefficient (Wildman–Crippen LogP) is 4.87. The molecule has 2 N–H and O–H groups in total. The molecule has 0 saturated heterocycles. The number of nitrogens with zero attached hydrogens (tertiary/aromatic N) is 5. The minimum Gasteiger partial charge on any atom is -0.476 e. The van der Waals surface area contributed by atoms with Crippen molar-refractivity contribution >= 4 is 39.9 Å². The molecule has 0 fully saturated rings. The number of tetrazole rings is 1. The van der Waals surface area contributed by atoms with Crippen molar-refractivity contribution in [1.82, 2.24) is 25.2 Å². The molecule has 0 unspecified atom stereocenters. The van der Waals surface area contributed by atoms with Crippen LogP contribution in [0.5, 0.6) is 0 Å². The van der Waals surface area contributed by atoms with Crippen LogP contribution in [0.4, 0.5) is 5.13 Å². The Balaban J connectivity index is 1.55. The highest BCUT2D eigenvalue weighted by Crippen LogP contribution is 2.31. The fourth-order valence-electron chi connectivity index (χ4n) is 3.26. The first-order valence-electron chi connectivity index (χ1n) is 10.1. The van der Waals surface area contributed by atoms with Gasteiger partial charge in [0.15, 0.2) is 16.6 Å². The van der Waals surface area contributed by atoms with E-state index in [1.165, 1.54) is 4.68 Å². The van der Waals surface area contributed by atoms with Crippen LogP contribution in [0.1, 0.15) is 40.6 Å². The van der Waals surface area contributed by atoms with Crippen LogP contribution in [0.25, 0.3) is 22.5 Å². The van der Waals surface area contributed by atoms with Gasteiger partial charge in [-0.3, -0.25) is 4.79 Å². The summed E-state index contributed by atoms with van der Waals surface area (Å²) in [7, 11) is 0. The standard InChI is InChI=1S/C22H19ClN6O3S/c1-2-5-17(30)29-20(26-27-28-29)16-7-4-3-6-15(16)14-10-8-13(9-11-14)12-24-22-25-18(21(31)32)19(23)33-22/h3-4,6-11H,2,5,12H2,1H3,(H,24,25)(H,31,32). The van der Waals surface area contributed by atoms with Crippen molar-refractivity contribution in [3.8, 4) is 22.5 Å². The van der Waals surface area contributed by atoms with E-state index in [1.54, 1.807) is 0 Å². The fraction of sp³-hybridized carbons (Fsp3) is 0.182. The van der Waals surface area contributed by atoms with Crippen molar-refractivity contribution < 1.29 is 14.7 Å². The van der Waals surface area contributed by atoms with Gasteiger partial charge in [-0.2, -0.15) is 4.68 Å². The Hall–Kier alpha value is -3.63. The quantitative estimate of drug-likeness (QED) is 0.341. The number of hydrogen-bond acceptors (Lipinski definition) is 8. The molecule has 0 radical (unpaired) electrons. The van der Waals surface area contributed by atoms with Crippen LogP contribution < -0.4 is 5.32 Å². The smallest absolute Gasteiger partial charge is 0.357 e. The van der Waals surface area contributed by atoms with Gasteiger partial charge in [0.05, 0.1) is 0 Å². The van der Waals surface area contributed by atoms with Gasteiger partial charge in [0.2, 0.25) is 5.91 Å². The SMILES string of the molecule is CCCC(=O)n1nnnc1-c1ccccc1-c1ccc(CNc2nc(C(=O)O)c(Cl)s2)cc1. The van der Waals surface area contributed by atoms with Crippen LogP contribution in [-0.4, -0.2) is 42.2 Å². The summed E-state index contributed by atoms with van der Waals surface area (Å²) in [4.78, 5) is 27.5. The maximum absolute atomic E-state index is 12.4. The summed E-state index contributed by atoms with van der Waals surface area (Å²) in [5.74, 6) is -0.901. The van der Waals surface area contributed by atoms with Gasteiger partial charge in [0.25, 0.3) is 0 Å². The van der Waals surface area contributed by atoms with Gasteiger partial charge in [-0.25, -0.2) is 9.78 Å². The Bertz CT molecular complexity index is 1300. The highest BCUT2D eigenvalue weighted by molar-refractivity contribution is 7.19. The summed E-state index contributed by atoms with van der Waals surface area (Å²) in [5.41, 5.74) is 3.42. The third-order valence-electron chi connectivity index (χ3n) is 4.83. The first kappa shape index (κ1) is 22.6. The summed E-state index contributed by atoms with van der Waals surface area (Å²) in [6.07, 6.45) is 1.07. The average molecular weight is 483 g/mol. The molecule has 168 valence electrons. The topological polar surface area (TPSA) is 123 Å². The third kappa shape index (κ3) is 4.91. The second kappa shape index (κ2) is 9.88. The van der Waals surface area contributed by atoms with Crippen molar-refractivity contribution in [1.29, 1.82) is 0 Å². The molecule has 2 aromatic heterocycles. The van der Waals surface area contributed by atoms with Crippen molar-refractivity contribution in [2.24, 2.45) is 0 Å². The Morgan fingerprint density at radius 1 is 1.12 bits per heavy atom. The molecule has 0 aliphatic heterocycles. The lowest BCUT2D eigenvalue weighted by Crippen LogP contribution is -2.13. The molecule has 0 saturated carbocycles. The summed E-state index contributed by atoms with van der Waals surface area (Å²) >= 11 is 7.00. The normalized spacial score (nSPS) is 10.8. The van der Waals surface area contributed by atoms with Gasteiger partial charge >= 0.3 is 5.97 Å². The van der Waals surface area contributed by atoms with E-state index in [0.717, 1.165) is 33.6 Å². The number of rotatable bonds is 8. The number of nitrogens with one attached hydrogen (secondary N) is 1. The number of carbonyl (C=O) groups excluding carboxylic acids is 1. The molecule has 2 heterocycles. The zero-order valence-electron chi connectivity index (χ0n) is 17.5. The van der Waals surface area contributed by atoms with Crippen LogP contribution in [0, 0.1) is 0 Å². The first-order valence-corrected chi connectivity index (χ1v) is 11.3. The van der Waals surface area contributed by atoms with Crippen molar-refractivity contribution in [3.05, 3.63) is 64.1 Å². The molecule has 0 amide bonds. The highest BCUT2D eigenvalue weighted by Gasteiger charge is 2.18. The number of carboxylic acids is 1. The van der Waals surface area contributed by atoms with Crippen molar-refractivity contribution in [2.75, 3.05) is 5.32 Å². The monoisotopic (exact) mass is 482 g/mol. The number of carbonyl (C=O) groups is 2. The maximum Gasteiger partial charge on any atom is 0.357 e. The van der Waals surface area contributed by atoms with E-state index in [4.69, 9.17) is 16.7 Å². The minimum absolute atomic E-state index is 0.136. The molecule has 0 spiro atoms. The van der Waals surface area contributed by atoms with E-state index < -0.39 is 5.97 Å². The Kier molecular flexibility index (Phi) is 6.76. The van der Waals surface area contributed by atoms with E-state index in [1.807, 2.05) is 55.5 Å². The fourth-order valence-corrected chi connectivity index (χ4v) is 4.28. The third-order valence-corrected chi connectivity index (χ3v) is 6.05. The summed E-state index contributed by atoms with van der Waals surface area (Å²) in [6.45, 7) is 2.38. The van der Waals surface area contributed by atoms with Crippen LogP contribution in [0.2, 0.25) is 4.34 Å². The number of hydrogen-bond donors (Lipinski definition) is 2. The second-order valence-electron chi connectivity index (χ2n) is 7.10. The highest BCUT2D eigenvalue weighted by atomic mass is 35.5. The van der Waals surface area contributed by atoms with Gasteiger partial charge in [-0.1, -0.05) is 78.4 Å².